The third-order valence-corrected chi connectivity index (χ3v) is 5.36. The predicted octanol–water partition coefficient (Wildman–Crippen LogP) is 2.73. The molecule has 0 aromatic carbocycles. The Morgan fingerprint density at radius 3 is 2.50 bits per heavy atom. The predicted molar refractivity (Wildman–Crippen MR) is 89.2 cm³/mol. The molecule has 3 atom stereocenters. The molecule has 0 unspecified atom stereocenters. The zero-order chi connectivity index (χ0) is 17.7. The number of hydrogen-bond donors (Lipinski definition) is 1. The number of rotatable bonds is 6. The van der Waals surface area contributed by atoms with E-state index in [0.717, 1.165) is 18.4 Å². The lowest BCUT2D eigenvalue weighted by atomic mass is 9.69. The van der Waals surface area contributed by atoms with Crippen molar-refractivity contribution < 1.29 is 24.1 Å². The van der Waals surface area contributed by atoms with Gasteiger partial charge in [-0.3, -0.25) is 4.79 Å². The van der Waals surface area contributed by atoms with Crippen molar-refractivity contribution in [2.45, 2.75) is 64.8 Å². The van der Waals surface area contributed by atoms with Gasteiger partial charge in [0.05, 0.1) is 24.2 Å². The smallest absolute Gasteiger partial charge is 0.211 e. The van der Waals surface area contributed by atoms with Crippen LogP contribution in [0.2, 0.25) is 0 Å². The van der Waals surface area contributed by atoms with Gasteiger partial charge in [-0.15, -0.1) is 0 Å². The molecule has 0 aromatic heterocycles. The van der Waals surface area contributed by atoms with Gasteiger partial charge in [-0.25, -0.2) is 0 Å². The van der Waals surface area contributed by atoms with Crippen molar-refractivity contribution in [1.82, 2.24) is 0 Å². The van der Waals surface area contributed by atoms with Crippen LogP contribution in [0.3, 0.4) is 0 Å². The molecule has 1 N–H and O–H groups in total. The van der Waals surface area contributed by atoms with Crippen LogP contribution < -0.4 is 0 Å². The molecule has 0 amide bonds. The summed E-state index contributed by atoms with van der Waals surface area (Å²) in [6.07, 6.45) is 3.92. The summed E-state index contributed by atoms with van der Waals surface area (Å²) in [7, 11) is 1.64. The minimum atomic E-state index is -1.42. The van der Waals surface area contributed by atoms with E-state index in [1.807, 2.05) is 27.7 Å². The molecule has 3 aliphatic carbocycles. The number of ether oxygens (including phenoxy) is 3. The topological polar surface area (TPSA) is 65.0 Å². The largest absolute Gasteiger partial charge is 0.488 e. The van der Waals surface area contributed by atoms with E-state index in [1.54, 1.807) is 13.2 Å². The molecule has 134 valence electrons. The molecule has 0 bridgehead atoms. The molecule has 0 saturated heterocycles. The monoisotopic (exact) mass is 336 g/mol. The maximum absolute atomic E-state index is 13.4. The van der Waals surface area contributed by atoms with E-state index in [9.17, 15) is 9.90 Å². The van der Waals surface area contributed by atoms with Crippen molar-refractivity contribution in [3.8, 4) is 0 Å². The van der Waals surface area contributed by atoms with Crippen LogP contribution in [-0.4, -0.2) is 42.4 Å². The summed E-state index contributed by atoms with van der Waals surface area (Å²) in [5.74, 6) is 0.378. The van der Waals surface area contributed by atoms with Gasteiger partial charge >= 0.3 is 0 Å². The van der Waals surface area contributed by atoms with Gasteiger partial charge in [0, 0.05) is 7.11 Å². The normalized spacial score (nSPS) is 34.9. The number of ketones is 1. The SMILES string of the molecule is COCC1=C[C@@]2(O)C(OC(C)C)=C(OC(C)C)C(=O)[C@@]23CCC[C@H]13. The molecule has 24 heavy (non-hydrogen) atoms. The fourth-order valence-corrected chi connectivity index (χ4v) is 4.68. The molecule has 0 radical (unpaired) electrons. The summed E-state index contributed by atoms with van der Waals surface area (Å²) in [6.45, 7) is 7.96. The first-order valence-corrected chi connectivity index (χ1v) is 8.83. The summed E-state index contributed by atoms with van der Waals surface area (Å²) < 4.78 is 17.1. The Morgan fingerprint density at radius 2 is 1.92 bits per heavy atom. The fraction of sp³-hybridized carbons (Fsp3) is 0.737. The minimum absolute atomic E-state index is 0.00558. The van der Waals surface area contributed by atoms with Crippen LogP contribution in [0.5, 0.6) is 0 Å². The Morgan fingerprint density at radius 1 is 1.25 bits per heavy atom. The summed E-state index contributed by atoms with van der Waals surface area (Å²) in [4.78, 5) is 13.4. The average Bonchev–Trinajstić information content (AvgIpc) is 3.06. The number of carbonyl (C=O) groups is 1. The lowest BCUT2D eigenvalue weighted by Crippen LogP contribution is -2.48. The Kier molecular flexibility index (Phi) is 4.29. The molecule has 1 fully saturated rings. The van der Waals surface area contributed by atoms with E-state index in [-0.39, 0.29) is 35.4 Å². The molecule has 5 heteroatoms. The zero-order valence-electron chi connectivity index (χ0n) is 15.2. The van der Waals surface area contributed by atoms with E-state index in [0.29, 0.717) is 13.0 Å². The fourth-order valence-electron chi connectivity index (χ4n) is 4.68. The standard InChI is InChI=1S/C19H28O5/c1-11(2)23-15-16(20)18-8-6-7-14(18)13(10-22-5)9-19(18,21)17(15)24-12(3)4/h9,11-12,14,21H,6-8,10H2,1-5H3/t14-,18+,19-/m1/s1. The number of hydrogen-bond acceptors (Lipinski definition) is 5. The molecule has 0 heterocycles. The van der Waals surface area contributed by atoms with Crippen LogP contribution in [0.1, 0.15) is 47.0 Å². The van der Waals surface area contributed by atoms with Gasteiger partial charge in [0.2, 0.25) is 11.5 Å². The first kappa shape index (κ1) is 17.5. The van der Waals surface area contributed by atoms with E-state index in [4.69, 9.17) is 14.2 Å². The van der Waals surface area contributed by atoms with Gasteiger partial charge in [0.15, 0.2) is 11.4 Å². The molecule has 0 aromatic rings. The van der Waals surface area contributed by atoms with Crippen molar-refractivity contribution in [1.29, 1.82) is 0 Å². The van der Waals surface area contributed by atoms with Crippen LogP contribution in [-0.2, 0) is 19.0 Å². The van der Waals surface area contributed by atoms with Crippen LogP contribution in [0.15, 0.2) is 23.2 Å². The van der Waals surface area contributed by atoms with Crippen LogP contribution in [0.4, 0.5) is 0 Å². The van der Waals surface area contributed by atoms with Gasteiger partial charge in [-0.2, -0.15) is 0 Å². The Bertz CT molecular complexity index is 603. The quantitative estimate of drug-likeness (QED) is 0.756. The second-order valence-electron chi connectivity index (χ2n) is 7.66. The van der Waals surface area contributed by atoms with E-state index in [2.05, 4.69) is 0 Å². The Labute approximate surface area is 143 Å². The molecule has 1 spiro atoms. The van der Waals surface area contributed by atoms with E-state index in [1.165, 1.54) is 0 Å². The summed E-state index contributed by atoms with van der Waals surface area (Å²) in [5.41, 5.74) is -1.30. The minimum Gasteiger partial charge on any atom is -0.488 e. The number of aliphatic hydroxyl groups is 1. The van der Waals surface area contributed by atoms with Crippen molar-refractivity contribution >= 4 is 5.78 Å². The maximum Gasteiger partial charge on any atom is 0.211 e. The second-order valence-corrected chi connectivity index (χ2v) is 7.66. The highest BCUT2D eigenvalue weighted by Gasteiger charge is 2.73. The molecule has 3 aliphatic rings. The third kappa shape index (κ3) is 2.17. The lowest BCUT2D eigenvalue weighted by molar-refractivity contribution is -0.137. The number of allylic oxidation sites excluding steroid dienone is 1. The average molecular weight is 336 g/mol. The van der Waals surface area contributed by atoms with Gasteiger partial charge < -0.3 is 19.3 Å². The third-order valence-electron chi connectivity index (χ3n) is 5.36. The molecule has 1 saturated carbocycles. The Balaban J connectivity index is 2.14. The number of methoxy groups -OCH3 is 1. The van der Waals surface area contributed by atoms with E-state index >= 15 is 0 Å². The second kappa shape index (κ2) is 5.88. The molecular weight excluding hydrogens is 308 g/mol. The summed E-state index contributed by atoms with van der Waals surface area (Å²) >= 11 is 0. The highest BCUT2D eigenvalue weighted by atomic mass is 16.5. The molecular formula is C19H28O5. The highest BCUT2D eigenvalue weighted by Crippen LogP contribution is 2.66. The number of carbonyl (C=O) groups excluding carboxylic acids is 1. The van der Waals surface area contributed by atoms with Gasteiger partial charge in [0.1, 0.15) is 0 Å². The van der Waals surface area contributed by atoms with E-state index < -0.39 is 11.0 Å². The molecule has 0 aliphatic heterocycles. The van der Waals surface area contributed by atoms with Gasteiger partial charge in [-0.1, -0.05) is 6.42 Å². The molecule has 5 nitrogen and oxygen atoms in total. The summed E-state index contributed by atoms with van der Waals surface area (Å²) in [5, 5.41) is 11.6. The van der Waals surface area contributed by atoms with Crippen LogP contribution >= 0.6 is 0 Å². The van der Waals surface area contributed by atoms with Crippen molar-refractivity contribution in [3.05, 3.63) is 23.2 Å². The van der Waals surface area contributed by atoms with Gasteiger partial charge in [0.25, 0.3) is 0 Å². The highest BCUT2D eigenvalue weighted by molar-refractivity contribution is 6.05. The van der Waals surface area contributed by atoms with Gasteiger partial charge in [-0.05, 0) is 58.1 Å². The van der Waals surface area contributed by atoms with Crippen molar-refractivity contribution in [2.24, 2.45) is 11.3 Å². The molecule has 3 rings (SSSR count). The summed E-state index contributed by atoms with van der Waals surface area (Å²) in [6, 6.07) is 0. The van der Waals surface area contributed by atoms with Crippen molar-refractivity contribution in [2.75, 3.05) is 13.7 Å². The number of Topliss-reactive ketones (excluding diaryl/α,β-unsaturated/α-hetero) is 1. The maximum atomic E-state index is 13.4. The van der Waals surface area contributed by atoms with Crippen LogP contribution in [0, 0.1) is 11.3 Å². The lowest BCUT2D eigenvalue weighted by Gasteiger charge is -2.36. The Hall–Kier alpha value is -1.33. The first-order chi connectivity index (χ1) is 11.3. The van der Waals surface area contributed by atoms with Crippen molar-refractivity contribution in [3.63, 3.8) is 0 Å². The first-order valence-electron chi connectivity index (χ1n) is 8.83. The zero-order valence-corrected chi connectivity index (χ0v) is 15.2. The van der Waals surface area contributed by atoms with Crippen LogP contribution in [0.25, 0.3) is 0 Å².